The molecule has 0 N–H and O–H groups in total. The minimum absolute atomic E-state index is 0.245. The average Bonchev–Trinajstić information content (AvgIpc) is 3.13. The Balaban J connectivity index is 1.59. The predicted molar refractivity (Wildman–Crippen MR) is 93.7 cm³/mol. The number of benzene rings is 1. The Hall–Kier alpha value is -2.05. The second-order valence-corrected chi connectivity index (χ2v) is 6.98. The van der Waals surface area contributed by atoms with Gasteiger partial charge in [0, 0.05) is 4.88 Å². The van der Waals surface area contributed by atoms with Gasteiger partial charge in [0.2, 0.25) is 0 Å². The van der Waals surface area contributed by atoms with Gasteiger partial charge in [0.25, 0.3) is 11.1 Å². The molecule has 6 heteroatoms. The normalized spacial score (nSPS) is 16.4. The molecule has 1 aromatic carbocycles. The lowest BCUT2D eigenvalue weighted by Gasteiger charge is -2.13. The van der Waals surface area contributed by atoms with Crippen LogP contribution < -0.4 is 4.74 Å². The van der Waals surface area contributed by atoms with E-state index in [9.17, 15) is 9.59 Å². The maximum atomic E-state index is 12.3. The first-order valence-electron chi connectivity index (χ1n) is 7.12. The van der Waals surface area contributed by atoms with E-state index in [4.69, 9.17) is 4.74 Å². The van der Waals surface area contributed by atoms with Crippen molar-refractivity contribution in [3.8, 4) is 5.75 Å². The molecule has 0 aliphatic carbocycles. The Morgan fingerprint density at radius 1 is 1.17 bits per heavy atom. The molecule has 0 atom stereocenters. The Labute approximate surface area is 142 Å². The summed E-state index contributed by atoms with van der Waals surface area (Å²) in [4.78, 5) is 26.9. The highest BCUT2D eigenvalue weighted by atomic mass is 32.2. The van der Waals surface area contributed by atoms with Crippen molar-refractivity contribution in [1.82, 2.24) is 4.90 Å². The number of carbonyl (C=O) groups is 2. The van der Waals surface area contributed by atoms with E-state index in [2.05, 4.69) is 0 Å². The van der Waals surface area contributed by atoms with Gasteiger partial charge in [0.05, 0.1) is 11.4 Å². The molecule has 3 rings (SSSR count). The summed E-state index contributed by atoms with van der Waals surface area (Å²) in [6.45, 7) is 2.54. The summed E-state index contributed by atoms with van der Waals surface area (Å²) in [7, 11) is 0. The van der Waals surface area contributed by atoms with E-state index < -0.39 is 0 Å². The fourth-order valence-electron chi connectivity index (χ4n) is 2.08. The highest BCUT2D eigenvalue weighted by molar-refractivity contribution is 8.18. The van der Waals surface area contributed by atoms with E-state index >= 15 is 0 Å². The zero-order valence-corrected chi connectivity index (χ0v) is 14.2. The summed E-state index contributed by atoms with van der Waals surface area (Å²) >= 11 is 2.51. The van der Waals surface area contributed by atoms with Crippen LogP contribution in [-0.4, -0.2) is 29.2 Å². The molecule has 0 radical (unpaired) electrons. The summed E-state index contributed by atoms with van der Waals surface area (Å²) in [5.41, 5.74) is 1.15. The van der Waals surface area contributed by atoms with Gasteiger partial charge >= 0.3 is 0 Å². The number of imide groups is 1. The third kappa shape index (κ3) is 3.83. The summed E-state index contributed by atoms with van der Waals surface area (Å²) in [5, 5.41) is 1.69. The van der Waals surface area contributed by atoms with Crippen LogP contribution in [0.2, 0.25) is 0 Å². The third-order valence-electron chi connectivity index (χ3n) is 3.29. The smallest absolute Gasteiger partial charge is 0.293 e. The van der Waals surface area contributed by atoms with Crippen LogP contribution in [0.3, 0.4) is 0 Å². The average molecular weight is 345 g/mol. The number of thiophene rings is 1. The maximum Gasteiger partial charge on any atom is 0.293 e. The van der Waals surface area contributed by atoms with Crippen molar-refractivity contribution in [1.29, 1.82) is 0 Å². The molecule has 2 heterocycles. The van der Waals surface area contributed by atoms with Crippen LogP contribution in [0.15, 0.2) is 46.7 Å². The second-order valence-electron chi connectivity index (χ2n) is 5.01. The quantitative estimate of drug-likeness (QED) is 0.763. The van der Waals surface area contributed by atoms with Crippen LogP contribution in [0, 0.1) is 6.92 Å². The van der Waals surface area contributed by atoms with Gasteiger partial charge in [-0.15, -0.1) is 11.3 Å². The zero-order chi connectivity index (χ0) is 16.2. The number of thioether (sulfide) groups is 1. The number of ether oxygens (including phenoxy) is 1. The first-order valence-corrected chi connectivity index (χ1v) is 8.81. The van der Waals surface area contributed by atoms with Crippen molar-refractivity contribution < 1.29 is 14.3 Å². The van der Waals surface area contributed by atoms with Gasteiger partial charge in [-0.2, -0.15) is 0 Å². The SMILES string of the molecule is Cc1ccc(OCCN2C(=O)S/C(=C\c3cccs3)C2=O)cc1. The Kier molecular flexibility index (Phi) is 4.83. The molecule has 1 aliphatic rings. The predicted octanol–water partition coefficient (Wildman–Crippen LogP) is 4.17. The van der Waals surface area contributed by atoms with Gasteiger partial charge < -0.3 is 4.74 Å². The van der Waals surface area contributed by atoms with Gasteiger partial charge in [-0.3, -0.25) is 14.5 Å². The lowest BCUT2D eigenvalue weighted by Crippen LogP contribution is -2.32. The van der Waals surface area contributed by atoms with Gasteiger partial charge in [0.1, 0.15) is 12.4 Å². The van der Waals surface area contributed by atoms with E-state index in [1.807, 2.05) is 48.7 Å². The Morgan fingerprint density at radius 2 is 1.96 bits per heavy atom. The van der Waals surface area contributed by atoms with Crippen LogP contribution >= 0.6 is 23.1 Å². The number of hydrogen-bond donors (Lipinski definition) is 0. The molecule has 1 aromatic heterocycles. The van der Waals surface area contributed by atoms with E-state index in [-0.39, 0.29) is 24.3 Å². The third-order valence-corrected chi connectivity index (χ3v) is 5.02. The summed E-state index contributed by atoms with van der Waals surface area (Å²) in [6.07, 6.45) is 1.76. The Morgan fingerprint density at radius 3 is 2.65 bits per heavy atom. The first kappa shape index (κ1) is 15.8. The van der Waals surface area contributed by atoms with E-state index in [1.165, 1.54) is 16.2 Å². The summed E-state index contributed by atoms with van der Waals surface area (Å²) in [5.74, 6) is 0.484. The summed E-state index contributed by atoms with van der Waals surface area (Å²) in [6, 6.07) is 11.5. The minimum atomic E-state index is -0.249. The number of carbonyl (C=O) groups excluding carboxylic acids is 2. The van der Waals surface area contributed by atoms with Crippen molar-refractivity contribution in [2.45, 2.75) is 6.92 Å². The zero-order valence-electron chi connectivity index (χ0n) is 12.5. The monoisotopic (exact) mass is 345 g/mol. The van der Waals surface area contributed by atoms with Gasteiger partial charge in [-0.25, -0.2) is 0 Å². The van der Waals surface area contributed by atoms with E-state index in [0.717, 1.165) is 28.0 Å². The molecular formula is C17H15NO3S2. The summed E-state index contributed by atoms with van der Waals surface area (Å²) < 4.78 is 5.59. The lowest BCUT2D eigenvalue weighted by molar-refractivity contribution is -0.123. The molecule has 0 spiro atoms. The lowest BCUT2D eigenvalue weighted by atomic mass is 10.2. The van der Waals surface area contributed by atoms with Crippen molar-refractivity contribution in [2.75, 3.05) is 13.2 Å². The van der Waals surface area contributed by atoms with Gasteiger partial charge in [-0.05, 0) is 48.3 Å². The molecule has 2 amide bonds. The highest BCUT2D eigenvalue weighted by Gasteiger charge is 2.34. The van der Waals surface area contributed by atoms with Gasteiger partial charge in [0.15, 0.2) is 0 Å². The van der Waals surface area contributed by atoms with Crippen LogP contribution in [0.4, 0.5) is 4.79 Å². The molecule has 0 unspecified atom stereocenters. The number of hydrogen-bond acceptors (Lipinski definition) is 5. The maximum absolute atomic E-state index is 12.3. The molecule has 1 saturated heterocycles. The standard InChI is InChI=1S/C17H15NO3S2/c1-12-4-6-13(7-5-12)21-9-8-18-16(19)15(23-17(18)20)11-14-3-2-10-22-14/h2-7,10-11H,8-9H2,1H3/b15-11-. The van der Waals surface area contributed by atoms with E-state index in [0.29, 0.717) is 4.91 Å². The molecular weight excluding hydrogens is 330 g/mol. The molecule has 2 aromatic rings. The van der Waals surface area contributed by atoms with Gasteiger partial charge in [-0.1, -0.05) is 23.8 Å². The number of nitrogens with zero attached hydrogens (tertiary/aromatic N) is 1. The molecule has 4 nitrogen and oxygen atoms in total. The van der Waals surface area contributed by atoms with E-state index in [1.54, 1.807) is 6.08 Å². The van der Waals surface area contributed by atoms with Crippen LogP contribution in [0.25, 0.3) is 6.08 Å². The Bertz CT molecular complexity index is 736. The molecule has 118 valence electrons. The molecule has 0 saturated carbocycles. The first-order chi connectivity index (χ1) is 11.1. The largest absolute Gasteiger partial charge is 0.492 e. The van der Waals surface area contributed by atoms with Crippen molar-refractivity contribution >= 4 is 40.3 Å². The van der Waals surface area contributed by atoms with Crippen molar-refractivity contribution in [3.05, 3.63) is 57.1 Å². The minimum Gasteiger partial charge on any atom is -0.492 e. The molecule has 1 aliphatic heterocycles. The fourth-order valence-corrected chi connectivity index (χ4v) is 3.67. The van der Waals surface area contributed by atoms with Crippen molar-refractivity contribution in [2.24, 2.45) is 0 Å². The molecule has 1 fully saturated rings. The molecule has 0 bridgehead atoms. The number of aryl methyl sites for hydroxylation is 1. The van der Waals surface area contributed by atoms with Crippen LogP contribution in [-0.2, 0) is 4.79 Å². The number of amides is 2. The number of rotatable bonds is 5. The van der Waals surface area contributed by atoms with Crippen LogP contribution in [0.1, 0.15) is 10.4 Å². The highest BCUT2D eigenvalue weighted by Crippen LogP contribution is 2.32. The topological polar surface area (TPSA) is 46.6 Å². The fraction of sp³-hybridized carbons (Fsp3) is 0.176. The second kappa shape index (κ2) is 7.02. The van der Waals surface area contributed by atoms with Crippen molar-refractivity contribution in [3.63, 3.8) is 0 Å². The van der Waals surface area contributed by atoms with Crippen LogP contribution in [0.5, 0.6) is 5.75 Å². The molecule has 23 heavy (non-hydrogen) atoms.